The van der Waals surface area contributed by atoms with E-state index in [0.29, 0.717) is 19.4 Å². The predicted octanol–water partition coefficient (Wildman–Crippen LogP) is 3.40. The number of amides is 1. The Balaban J connectivity index is 2.27. The number of halogens is 1. The van der Waals surface area contributed by atoms with Gasteiger partial charge in [0.15, 0.2) is 0 Å². The molecule has 2 atom stereocenters. The quantitative estimate of drug-likeness (QED) is 0.864. The summed E-state index contributed by atoms with van der Waals surface area (Å²) in [6.07, 6.45) is 0.277. The van der Waals surface area contributed by atoms with Crippen LogP contribution in [0.15, 0.2) is 28.7 Å². The molecule has 1 aromatic carbocycles. The molecule has 0 radical (unpaired) electrons. The molecule has 1 aromatic rings. The van der Waals surface area contributed by atoms with Crippen molar-refractivity contribution >= 4 is 22.0 Å². The first-order valence-corrected chi connectivity index (χ1v) is 6.55. The average molecular weight is 309 g/mol. The molecule has 1 aliphatic rings. The van der Waals surface area contributed by atoms with Crippen LogP contribution in [0.25, 0.3) is 0 Å². The van der Waals surface area contributed by atoms with Gasteiger partial charge in [-0.15, -0.1) is 0 Å². The second-order valence-corrected chi connectivity index (χ2v) is 5.31. The lowest BCUT2D eigenvalue weighted by Crippen LogP contribution is -2.40. The highest BCUT2D eigenvalue weighted by Gasteiger charge is 2.32. The van der Waals surface area contributed by atoms with E-state index in [9.17, 15) is 9.90 Å². The summed E-state index contributed by atoms with van der Waals surface area (Å²) < 4.78 is 0.959. The molecule has 0 bridgehead atoms. The topological polar surface area (TPSA) is 64.3 Å². The first-order chi connectivity index (χ1) is 8.61. The van der Waals surface area contributed by atoms with Gasteiger partial charge in [0.1, 0.15) is 0 Å². The molecule has 1 aliphatic heterocycles. The predicted molar refractivity (Wildman–Crippen MR) is 70.0 cm³/mol. The minimum absolute atomic E-state index is 0.0609. The zero-order chi connectivity index (χ0) is 13.1. The third-order valence-corrected chi connectivity index (χ3v) is 3.81. The number of carboxylic acid groups (broad SMARTS) is 1. The highest BCUT2D eigenvalue weighted by Crippen LogP contribution is 2.34. The standard InChI is InChI=1S/C13H13BrN2O2/c14-11-3-1-10(2-4-11)12-7-9(8-15)5-6-16(12)13(17)18/h1-4,9,12H,5-7H2,(H,17,18). The number of hydrogen-bond donors (Lipinski definition) is 1. The van der Waals surface area contributed by atoms with E-state index in [0.717, 1.165) is 10.0 Å². The molecule has 1 saturated heterocycles. The SMILES string of the molecule is N#CC1CCN(C(=O)O)C(c2ccc(Br)cc2)C1. The molecule has 18 heavy (non-hydrogen) atoms. The Hall–Kier alpha value is -1.54. The third kappa shape index (κ3) is 2.65. The van der Waals surface area contributed by atoms with Crippen molar-refractivity contribution in [3.63, 3.8) is 0 Å². The summed E-state index contributed by atoms with van der Waals surface area (Å²) in [5.74, 6) is -0.0609. The van der Waals surface area contributed by atoms with E-state index < -0.39 is 6.09 Å². The van der Waals surface area contributed by atoms with Gasteiger partial charge < -0.3 is 10.0 Å². The van der Waals surface area contributed by atoms with Gasteiger partial charge in [0.25, 0.3) is 0 Å². The summed E-state index contributed by atoms with van der Waals surface area (Å²) in [5.41, 5.74) is 0.945. The molecule has 0 spiro atoms. The summed E-state index contributed by atoms with van der Waals surface area (Å²) in [6, 6.07) is 9.63. The summed E-state index contributed by atoms with van der Waals surface area (Å²) in [6.45, 7) is 0.425. The second kappa shape index (κ2) is 5.40. The Labute approximate surface area is 114 Å². The van der Waals surface area contributed by atoms with Crippen LogP contribution in [-0.2, 0) is 0 Å². The lowest BCUT2D eigenvalue weighted by atomic mass is 9.88. The number of nitriles is 1. The van der Waals surface area contributed by atoms with Crippen molar-refractivity contribution in [3.8, 4) is 6.07 Å². The van der Waals surface area contributed by atoms with Gasteiger partial charge in [0.05, 0.1) is 18.0 Å². The third-order valence-electron chi connectivity index (χ3n) is 3.29. The number of rotatable bonds is 1. The van der Waals surface area contributed by atoms with E-state index in [1.54, 1.807) is 0 Å². The van der Waals surface area contributed by atoms with Gasteiger partial charge in [0, 0.05) is 11.0 Å². The maximum absolute atomic E-state index is 11.2. The molecular formula is C13H13BrN2O2. The van der Waals surface area contributed by atoms with Crippen molar-refractivity contribution in [1.82, 2.24) is 4.90 Å². The molecule has 2 rings (SSSR count). The van der Waals surface area contributed by atoms with Crippen molar-refractivity contribution in [2.24, 2.45) is 5.92 Å². The number of carbonyl (C=O) groups is 1. The van der Waals surface area contributed by atoms with Crippen LogP contribution in [0, 0.1) is 17.2 Å². The van der Waals surface area contributed by atoms with Crippen molar-refractivity contribution < 1.29 is 9.90 Å². The smallest absolute Gasteiger partial charge is 0.407 e. The van der Waals surface area contributed by atoms with Crippen molar-refractivity contribution in [3.05, 3.63) is 34.3 Å². The lowest BCUT2D eigenvalue weighted by molar-refractivity contribution is 0.0978. The van der Waals surface area contributed by atoms with Crippen LogP contribution >= 0.6 is 15.9 Å². The van der Waals surface area contributed by atoms with Crippen LogP contribution in [0.4, 0.5) is 4.79 Å². The summed E-state index contributed by atoms with van der Waals surface area (Å²) in [5, 5.41) is 18.2. The van der Waals surface area contributed by atoms with E-state index in [1.165, 1.54) is 4.90 Å². The Morgan fingerprint density at radius 2 is 2.11 bits per heavy atom. The van der Waals surface area contributed by atoms with Crippen LogP contribution in [0.1, 0.15) is 24.4 Å². The number of hydrogen-bond acceptors (Lipinski definition) is 2. The maximum Gasteiger partial charge on any atom is 0.407 e. The van der Waals surface area contributed by atoms with E-state index in [2.05, 4.69) is 22.0 Å². The Bertz CT molecular complexity index is 481. The largest absolute Gasteiger partial charge is 0.465 e. The molecule has 2 unspecified atom stereocenters. The molecular weight excluding hydrogens is 296 g/mol. The van der Waals surface area contributed by atoms with Crippen molar-refractivity contribution in [2.75, 3.05) is 6.54 Å². The number of benzene rings is 1. The maximum atomic E-state index is 11.2. The fraction of sp³-hybridized carbons (Fsp3) is 0.385. The first kappa shape index (κ1) is 12.9. The van der Waals surface area contributed by atoms with E-state index >= 15 is 0 Å². The zero-order valence-corrected chi connectivity index (χ0v) is 11.3. The summed E-state index contributed by atoms with van der Waals surface area (Å²) in [7, 11) is 0. The van der Waals surface area contributed by atoms with Crippen molar-refractivity contribution in [2.45, 2.75) is 18.9 Å². The van der Waals surface area contributed by atoms with Gasteiger partial charge in [-0.25, -0.2) is 4.79 Å². The van der Waals surface area contributed by atoms with Crippen LogP contribution in [-0.4, -0.2) is 22.6 Å². The van der Waals surface area contributed by atoms with Gasteiger partial charge in [-0.2, -0.15) is 5.26 Å². The number of nitrogens with zero attached hydrogens (tertiary/aromatic N) is 2. The molecule has 4 nitrogen and oxygen atoms in total. The molecule has 1 heterocycles. The van der Waals surface area contributed by atoms with Crippen LogP contribution in [0.3, 0.4) is 0 Å². The highest BCUT2D eigenvalue weighted by atomic mass is 79.9. The molecule has 0 aromatic heterocycles. The minimum atomic E-state index is -0.917. The number of piperidine rings is 1. The first-order valence-electron chi connectivity index (χ1n) is 5.76. The molecule has 94 valence electrons. The summed E-state index contributed by atoms with van der Waals surface area (Å²) >= 11 is 3.36. The molecule has 1 fully saturated rings. The van der Waals surface area contributed by atoms with Gasteiger partial charge in [-0.3, -0.25) is 0 Å². The fourth-order valence-corrected chi connectivity index (χ4v) is 2.58. The summed E-state index contributed by atoms with van der Waals surface area (Å²) in [4.78, 5) is 12.7. The molecule has 5 heteroatoms. The molecule has 0 saturated carbocycles. The van der Waals surface area contributed by atoms with Crippen LogP contribution in [0.2, 0.25) is 0 Å². The number of likely N-dealkylation sites (tertiary alicyclic amines) is 1. The van der Waals surface area contributed by atoms with Gasteiger partial charge >= 0.3 is 6.09 Å². The molecule has 1 amide bonds. The van der Waals surface area contributed by atoms with Gasteiger partial charge in [-0.05, 0) is 30.5 Å². The van der Waals surface area contributed by atoms with E-state index in [4.69, 9.17) is 5.26 Å². The second-order valence-electron chi connectivity index (χ2n) is 4.39. The molecule has 1 N–H and O–H groups in total. The van der Waals surface area contributed by atoms with E-state index in [1.807, 2.05) is 24.3 Å². The highest BCUT2D eigenvalue weighted by molar-refractivity contribution is 9.10. The lowest BCUT2D eigenvalue weighted by Gasteiger charge is -2.35. The van der Waals surface area contributed by atoms with Crippen LogP contribution in [0.5, 0.6) is 0 Å². The fourth-order valence-electron chi connectivity index (χ4n) is 2.31. The van der Waals surface area contributed by atoms with Gasteiger partial charge in [-0.1, -0.05) is 28.1 Å². The van der Waals surface area contributed by atoms with Crippen LogP contribution < -0.4 is 0 Å². The monoisotopic (exact) mass is 308 g/mol. The zero-order valence-electron chi connectivity index (χ0n) is 9.71. The Kier molecular flexibility index (Phi) is 3.87. The minimum Gasteiger partial charge on any atom is -0.465 e. The molecule has 0 aliphatic carbocycles. The van der Waals surface area contributed by atoms with E-state index in [-0.39, 0.29) is 12.0 Å². The van der Waals surface area contributed by atoms with Gasteiger partial charge in [0.2, 0.25) is 0 Å². The Morgan fingerprint density at radius 1 is 1.44 bits per heavy atom. The van der Waals surface area contributed by atoms with Crippen molar-refractivity contribution in [1.29, 1.82) is 5.26 Å². The normalized spacial score (nSPS) is 23.4. The Morgan fingerprint density at radius 3 is 2.67 bits per heavy atom. The average Bonchev–Trinajstić information content (AvgIpc) is 2.38.